The van der Waals surface area contributed by atoms with Crippen molar-refractivity contribution in [2.24, 2.45) is 11.1 Å². The summed E-state index contributed by atoms with van der Waals surface area (Å²) in [5, 5.41) is 7.37. The molecule has 0 aromatic carbocycles. The van der Waals surface area contributed by atoms with Gasteiger partial charge in [-0.05, 0) is 31.7 Å². The Bertz CT molecular complexity index is 414. The lowest BCUT2D eigenvalue weighted by molar-refractivity contribution is 0.213. The molecule has 0 spiro atoms. The van der Waals surface area contributed by atoms with Gasteiger partial charge in [-0.2, -0.15) is 0 Å². The van der Waals surface area contributed by atoms with Crippen LogP contribution >= 0.6 is 0 Å². The van der Waals surface area contributed by atoms with E-state index in [0.717, 1.165) is 25.8 Å². The maximum Gasteiger partial charge on any atom is 0.151 e. The van der Waals surface area contributed by atoms with Crippen LogP contribution in [0.4, 0.5) is 0 Å². The van der Waals surface area contributed by atoms with Crippen molar-refractivity contribution in [3.05, 3.63) is 0 Å². The van der Waals surface area contributed by atoms with Crippen LogP contribution in [0.5, 0.6) is 0 Å². The second kappa shape index (κ2) is 4.24. The number of sulfone groups is 1. The molecule has 0 radical (unpaired) electrons. The van der Waals surface area contributed by atoms with Gasteiger partial charge in [0, 0.05) is 19.0 Å². The fourth-order valence-corrected chi connectivity index (χ4v) is 4.56. The molecule has 98 valence electrons. The second-order valence-corrected chi connectivity index (χ2v) is 7.90. The lowest BCUT2D eigenvalue weighted by Crippen LogP contribution is -2.38. The minimum Gasteiger partial charge on any atom is -0.388 e. The first kappa shape index (κ1) is 12.8. The minimum atomic E-state index is -2.81. The quantitative estimate of drug-likeness (QED) is 0.546. The van der Waals surface area contributed by atoms with Crippen molar-refractivity contribution in [3.8, 4) is 0 Å². The highest BCUT2D eigenvalue weighted by Crippen LogP contribution is 2.49. The summed E-state index contributed by atoms with van der Waals surface area (Å²) in [6.45, 7) is 0.868. The Balaban J connectivity index is 1.90. The number of hydrogen-bond acceptors (Lipinski definition) is 4. The average molecular weight is 259 g/mol. The van der Waals surface area contributed by atoms with E-state index in [0.29, 0.717) is 17.9 Å². The molecular weight excluding hydrogens is 238 g/mol. The fourth-order valence-electron chi connectivity index (χ4n) is 2.75. The van der Waals surface area contributed by atoms with Crippen molar-refractivity contribution in [2.75, 3.05) is 25.1 Å². The molecule has 2 aliphatic rings. The molecule has 1 saturated heterocycles. The fraction of sp³-hybridized carbons (Fsp3) is 0.909. The van der Waals surface area contributed by atoms with E-state index < -0.39 is 9.84 Å². The zero-order valence-corrected chi connectivity index (χ0v) is 11.1. The van der Waals surface area contributed by atoms with Gasteiger partial charge in [-0.3, -0.25) is 5.41 Å². The molecule has 5 nitrogen and oxygen atoms in total. The predicted molar refractivity (Wildman–Crippen MR) is 67.9 cm³/mol. The van der Waals surface area contributed by atoms with Crippen LogP contribution in [0.1, 0.15) is 25.7 Å². The molecule has 6 heteroatoms. The van der Waals surface area contributed by atoms with Crippen LogP contribution in [0.15, 0.2) is 0 Å². The van der Waals surface area contributed by atoms with Gasteiger partial charge in [-0.15, -0.1) is 0 Å². The molecule has 17 heavy (non-hydrogen) atoms. The normalized spacial score (nSPS) is 29.4. The molecular formula is C11H21N3O2S. The largest absolute Gasteiger partial charge is 0.388 e. The van der Waals surface area contributed by atoms with Crippen LogP contribution in [0.3, 0.4) is 0 Å². The summed E-state index contributed by atoms with van der Waals surface area (Å²) < 4.78 is 22.8. The van der Waals surface area contributed by atoms with Crippen molar-refractivity contribution in [1.29, 1.82) is 5.41 Å². The van der Waals surface area contributed by atoms with Crippen LogP contribution in [0, 0.1) is 10.8 Å². The lowest BCUT2D eigenvalue weighted by Gasteiger charge is -2.27. The maximum atomic E-state index is 11.4. The SMILES string of the molecule is CN(CC1(CC(=N)N)CC1)C1CCS(=O)(=O)C1. The monoisotopic (exact) mass is 259 g/mol. The smallest absolute Gasteiger partial charge is 0.151 e. The van der Waals surface area contributed by atoms with Crippen LogP contribution in [0.2, 0.25) is 0 Å². The molecule has 0 amide bonds. The third-order valence-corrected chi connectivity index (χ3v) is 5.69. The van der Waals surface area contributed by atoms with E-state index in [1.807, 2.05) is 7.05 Å². The van der Waals surface area contributed by atoms with Gasteiger partial charge in [-0.1, -0.05) is 0 Å². The van der Waals surface area contributed by atoms with E-state index in [1.165, 1.54) is 0 Å². The van der Waals surface area contributed by atoms with E-state index >= 15 is 0 Å². The Kier molecular flexibility index (Phi) is 3.20. The van der Waals surface area contributed by atoms with Gasteiger partial charge in [0.2, 0.25) is 0 Å². The van der Waals surface area contributed by atoms with E-state index in [9.17, 15) is 8.42 Å². The molecule has 1 atom stereocenters. The highest BCUT2D eigenvalue weighted by Gasteiger charge is 2.45. The zero-order chi connectivity index (χ0) is 12.7. The number of rotatable bonds is 5. The van der Waals surface area contributed by atoms with Crippen molar-refractivity contribution in [1.82, 2.24) is 4.90 Å². The number of nitrogens with one attached hydrogen (secondary N) is 1. The summed E-state index contributed by atoms with van der Waals surface area (Å²) in [5.41, 5.74) is 5.62. The number of nitrogens with zero attached hydrogens (tertiary/aromatic N) is 1. The lowest BCUT2D eigenvalue weighted by atomic mass is 10.0. The van der Waals surface area contributed by atoms with Gasteiger partial charge >= 0.3 is 0 Å². The Labute approximate surface area is 103 Å². The van der Waals surface area contributed by atoms with E-state index in [4.69, 9.17) is 11.1 Å². The van der Waals surface area contributed by atoms with Crippen LogP contribution < -0.4 is 5.73 Å². The molecule has 0 aromatic rings. The summed E-state index contributed by atoms with van der Waals surface area (Å²) in [6.07, 6.45) is 3.61. The number of hydrogen-bond donors (Lipinski definition) is 2. The summed E-state index contributed by atoms with van der Waals surface area (Å²) in [5.74, 6) is 0.858. The first-order valence-corrected chi connectivity index (χ1v) is 7.88. The van der Waals surface area contributed by atoms with Crippen LogP contribution in [0.25, 0.3) is 0 Å². The Morgan fingerprint density at radius 1 is 1.53 bits per heavy atom. The minimum absolute atomic E-state index is 0.157. The summed E-state index contributed by atoms with van der Waals surface area (Å²) in [6, 6.07) is 0.157. The maximum absolute atomic E-state index is 11.4. The van der Waals surface area contributed by atoms with Crippen molar-refractivity contribution >= 4 is 15.7 Å². The molecule has 3 N–H and O–H groups in total. The summed E-state index contributed by atoms with van der Waals surface area (Å²) in [7, 11) is -0.816. The molecule has 1 heterocycles. The Morgan fingerprint density at radius 3 is 2.59 bits per heavy atom. The third kappa shape index (κ3) is 3.19. The van der Waals surface area contributed by atoms with Gasteiger partial charge in [0.1, 0.15) is 0 Å². The van der Waals surface area contributed by atoms with Gasteiger partial charge < -0.3 is 10.6 Å². The standard InChI is InChI=1S/C11H21N3O2S/c1-14(9-2-5-17(15,16)7-9)8-11(3-4-11)6-10(12)13/h9H,2-8H2,1H3,(H3,12,13). The van der Waals surface area contributed by atoms with Gasteiger partial charge in [0.25, 0.3) is 0 Å². The highest BCUT2D eigenvalue weighted by atomic mass is 32.2. The number of nitrogens with two attached hydrogens (primary N) is 1. The Morgan fingerprint density at radius 2 is 2.18 bits per heavy atom. The predicted octanol–water partition coefficient (Wildman–Crippen LogP) is 0.212. The summed E-state index contributed by atoms with van der Waals surface area (Å²) >= 11 is 0. The molecule has 1 aliphatic heterocycles. The summed E-state index contributed by atoms with van der Waals surface area (Å²) in [4.78, 5) is 2.15. The van der Waals surface area contributed by atoms with Gasteiger partial charge in [-0.25, -0.2) is 8.42 Å². The first-order chi connectivity index (χ1) is 7.82. The van der Waals surface area contributed by atoms with E-state index in [1.54, 1.807) is 0 Å². The average Bonchev–Trinajstić information content (AvgIpc) is 2.80. The molecule has 1 saturated carbocycles. The topological polar surface area (TPSA) is 87.2 Å². The molecule has 1 unspecified atom stereocenters. The first-order valence-electron chi connectivity index (χ1n) is 6.06. The van der Waals surface area contributed by atoms with Gasteiger partial charge in [0.05, 0.1) is 17.3 Å². The zero-order valence-electron chi connectivity index (χ0n) is 10.3. The van der Waals surface area contributed by atoms with E-state index in [2.05, 4.69) is 4.90 Å². The Hall–Kier alpha value is -0.620. The van der Waals surface area contributed by atoms with Crippen molar-refractivity contribution in [2.45, 2.75) is 31.7 Å². The van der Waals surface area contributed by atoms with Crippen LogP contribution in [-0.4, -0.2) is 50.3 Å². The van der Waals surface area contributed by atoms with Gasteiger partial charge in [0.15, 0.2) is 9.84 Å². The van der Waals surface area contributed by atoms with Crippen molar-refractivity contribution in [3.63, 3.8) is 0 Å². The van der Waals surface area contributed by atoms with E-state index in [-0.39, 0.29) is 17.3 Å². The molecule has 2 fully saturated rings. The molecule has 0 aromatic heterocycles. The number of amidine groups is 1. The third-order valence-electron chi connectivity index (χ3n) is 3.94. The molecule has 2 rings (SSSR count). The molecule has 1 aliphatic carbocycles. The highest BCUT2D eigenvalue weighted by molar-refractivity contribution is 7.91. The van der Waals surface area contributed by atoms with Crippen LogP contribution in [-0.2, 0) is 9.84 Å². The second-order valence-electron chi connectivity index (χ2n) is 5.67. The van der Waals surface area contributed by atoms with Crippen molar-refractivity contribution < 1.29 is 8.42 Å². The molecule has 0 bridgehead atoms.